The van der Waals surface area contributed by atoms with Gasteiger partial charge < -0.3 is 4.74 Å². The fourth-order valence-electron chi connectivity index (χ4n) is 2.63. The summed E-state index contributed by atoms with van der Waals surface area (Å²) in [6.07, 6.45) is 5.25. The van der Waals surface area contributed by atoms with E-state index in [0.717, 1.165) is 5.56 Å². The lowest BCUT2D eigenvalue weighted by Crippen LogP contribution is -2.40. The van der Waals surface area contributed by atoms with E-state index >= 15 is 0 Å². The highest BCUT2D eigenvalue weighted by Gasteiger charge is 2.43. The average Bonchev–Trinajstić information content (AvgIpc) is 2.65. The van der Waals surface area contributed by atoms with E-state index in [0.29, 0.717) is 5.56 Å². The Bertz CT molecular complexity index is 885. The van der Waals surface area contributed by atoms with E-state index in [4.69, 9.17) is 4.74 Å². The molecule has 0 aliphatic carbocycles. The van der Waals surface area contributed by atoms with Crippen molar-refractivity contribution < 1.29 is 9.53 Å². The van der Waals surface area contributed by atoms with Gasteiger partial charge in [-0.1, -0.05) is 66.2 Å². The van der Waals surface area contributed by atoms with Crippen LogP contribution in [0, 0.1) is 18.3 Å². The van der Waals surface area contributed by atoms with Gasteiger partial charge in [0.1, 0.15) is 5.60 Å². The van der Waals surface area contributed by atoms with E-state index < -0.39 is 17.0 Å². The summed E-state index contributed by atoms with van der Waals surface area (Å²) in [5.74, 6) is -0.555. The molecule has 4 heteroatoms. The molecule has 0 N–H and O–H groups in total. The Morgan fingerprint density at radius 3 is 2.32 bits per heavy atom. The third-order valence-electron chi connectivity index (χ3n) is 4.12. The van der Waals surface area contributed by atoms with Crippen LogP contribution in [-0.4, -0.2) is 17.8 Å². The first-order valence-corrected chi connectivity index (χ1v) is 9.22. The van der Waals surface area contributed by atoms with Gasteiger partial charge in [-0.3, -0.25) is 4.99 Å². The molecular formula is C24H26N2O2. The fourth-order valence-corrected chi connectivity index (χ4v) is 2.63. The molecule has 2 rings (SSSR count). The first-order valence-electron chi connectivity index (χ1n) is 9.22. The molecule has 0 aliphatic rings. The quantitative estimate of drug-likeness (QED) is 0.521. The number of nitriles is 1. The lowest BCUT2D eigenvalue weighted by atomic mass is 9.78. The summed E-state index contributed by atoms with van der Waals surface area (Å²) in [5, 5.41) is 9.93. The molecule has 1 unspecified atom stereocenters. The van der Waals surface area contributed by atoms with Crippen molar-refractivity contribution in [1.82, 2.24) is 0 Å². The Balaban J connectivity index is 2.23. The number of allylic oxidation sites excluding steroid dienone is 1. The first-order chi connectivity index (χ1) is 13.3. The SMILES string of the molecule is Cc1ccc(C=N/C=C\CC(C#N)(C(=O)OC(C)(C)C)c2ccccc2)cc1. The second kappa shape index (κ2) is 9.14. The summed E-state index contributed by atoms with van der Waals surface area (Å²) in [7, 11) is 0. The smallest absolute Gasteiger partial charge is 0.331 e. The zero-order chi connectivity index (χ0) is 20.6. The second-order valence-corrected chi connectivity index (χ2v) is 7.66. The second-order valence-electron chi connectivity index (χ2n) is 7.66. The van der Waals surface area contributed by atoms with Crippen molar-refractivity contribution in [1.29, 1.82) is 5.26 Å². The number of hydrogen-bond donors (Lipinski definition) is 0. The molecular weight excluding hydrogens is 348 g/mol. The molecule has 0 saturated carbocycles. The third-order valence-corrected chi connectivity index (χ3v) is 4.12. The Hall–Kier alpha value is -3.19. The van der Waals surface area contributed by atoms with Gasteiger partial charge >= 0.3 is 5.97 Å². The maximum absolute atomic E-state index is 12.9. The van der Waals surface area contributed by atoms with Crippen LogP contribution in [0.15, 0.2) is 71.9 Å². The summed E-state index contributed by atoms with van der Waals surface area (Å²) < 4.78 is 5.55. The molecule has 0 aromatic heterocycles. The maximum atomic E-state index is 12.9. The van der Waals surface area contributed by atoms with E-state index in [1.807, 2.05) is 49.4 Å². The normalized spacial score (nSPS) is 14.0. The van der Waals surface area contributed by atoms with Crippen molar-refractivity contribution in [2.24, 2.45) is 4.99 Å². The van der Waals surface area contributed by atoms with Crippen LogP contribution in [0.4, 0.5) is 0 Å². The van der Waals surface area contributed by atoms with E-state index in [9.17, 15) is 10.1 Å². The van der Waals surface area contributed by atoms with Gasteiger partial charge in [-0.25, -0.2) is 4.79 Å². The number of nitrogens with zero attached hydrogens (tertiary/aromatic N) is 2. The van der Waals surface area contributed by atoms with Gasteiger partial charge in [0, 0.05) is 18.8 Å². The van der Waals surface area contributed by atoms with E-state index in [1.165, 1.54) is 5.56 Å². The van der Waals surface area contributed by atoms with Gasteiger partial charge in [0.05, 0.1) is 6.07 Å². The number of rotatable bonds is 6. The summed E-state index contributed by atoms with van der Waals surface area (Å²) >= 11 is 0. The largest absolute Gasteiger partial charge is 0.459 e. The number of carbonyl (C=O) groups excluding carboxylic acids is 1. The van der Waals surface area contributed by atoms with Crippen LogP contribution in [-0.2, 0) is 14.9 Å². The van der Waals surface area contributed by atoms with Crippen LogP contribution in [0.1, 0.15) is 43.9 Å². The van der Waals surface area contributed by atoms with Crippen LogP contribution >= 0.6 is 0 Å². The molecule has 0 aliphatic heterocycles. The maximum Gasteiger partial charge on any atom is 0.331 e. The molecule has 4 nitrogen and oxygen atoms in total. The highest BCUT2D eigenvalue weighted by Crippen LogP contribution is 2.31. The summed E-state index contributed by atoms with van der Waals surface area (Å²) in [4.78, 5) is 17.2. The number of esters is 1. The Labute approximate surface area is 167 Å². The van der Waals surface area contributed by atoms with Crippen LogP contribution in [0.2, 0.25) is 0 Å². The standard InChI is InChI=1S/C24H26N2O2/c1-19-11-13-20(14-12-19)17-26-16-8-15-24(18-25,21-9-6-5-7-10-21)22(27)28-23(2,3)4/h5-14,16-17H,15H2,1-4H3/b16-8-,26-17?. The molecule has 0 saturated heterocycles. The zero-order valence-corrected chi connectivity index (χ0v) is 16.8. The van der Waals surface area contributed by atoms with Crippen molar-refractivity contribution in [2.75, 3.05) is 0 Å². The molecule has 144 valence electrons. The molecule has 1 atom stereocenters. The van der Waals surface area contributed by atoms with Gasteiger partial charge in [-0.2, -0.15) is 5.26 Å². The highest BCUT2D eigenvalue weighted by molar-refractivity contribution is 5.87. The predicted octanol–water partition coefficient (Wildman–Crippen LogP) is 5.12. The molecule has 0 heterocycles. The van der Waals surface area contributed by atoms with Gasteiger partial charge in [-0.05, 0) is 38.8 Å². The lowest BCUT2D eigenvalue weighted by Gasteiger charge is -2.29. The van der Waals surface area contributed by atoms with E-state index in [2.05, 4.69) is 11.1 Å². The number of benzene rings is 2. The highest BCUT2D eigenvalue weighted by atomic mass is 16.6. The molecule has 2 aromatic carbocycles. The van der Waals surface area contributed by atoms with Crippen LogP contribution < -0.4 is 0 Å². The molecule has 28 heavy (non-hydrogen) atoms. The topological polar surface area (TPSA) is 62.5 Å². The van der Waals surface area contributed by atoms with E-state index in [1.54, 1.807) is 51.4 Å². The van der Waals surface area contributed by atoms with Crippen molar-refractivity contribution in [3.63, 3.8) is 0 Å². The molecule has 0 fully saturated rings. The summed E-state index contributed by atoms with van der Waals surface area (Å²) in [6.45, 7) is 7.40. The van der Waals surface area contributed by atoms with Crippen molar-refractivity contribution in [2.45, 2.75) is 45.1 Å². The molecule has 0 spiro atoms. The minimum atomic E-state index is -1.41. The lowest BCUT2D eigenvalue weighted by molar-refractivity contribution is -0.159. The molecule has 0 radical (unpaired) electrons. The van der Waals surface area contributed by atoms with Gasteiger partial charge in [-0.15, -0.1) is 0 Å². The minimum Gasteiger partial charge on any atom is -0.459 e. The minimum absolute atomic E-state index is 0.174. The van der Waals surface area contributed by atoms with Gasteiger partial charge in [0.25, 0.3) is 0 Å². The predicted molar refractivity (Wildman–Crippen MR) is 112 cm³/mol. The number of aryl methyl sites for hydroxylation is 1. The molecule has 2 aromatic rings. The Morgan fingerprint density at radius 1 is 1.11 bits per heavy atom. The van der Waals surface area contributed by atoms with Crippen LogP contribution in [0.5, 0.6) is 0 Å². The molecule has 0 amide bonds. The summed E-state index contributed by atoms with van der Waals surface area (Å²) in [5.41, 5.74) is 0.689. The first kappa shape index (κ1) is 21.1. The Morgan fingerprint density at radius 2 is 1.75 bits per heavy atom. The van der Waals surface area contributed by atoms with Crippen molar-refractivity contribution >= 4 is 12.2 Å². The van der Waals surface area contributed by atoms with Gasteiger partial charge in [0.2, 0.25) is 0 Å². The monoisotopic (exact) mass is 374 g/mol. The van der Waals surface area contributed by atoms with E-state index in [-0.39, 0.29) is 6.42 Å². The number of ether oxygens (including phenoxy) is 1. The van der Waals surface area contributed by atoms with Crippen LogP contribution in [0.3, 0.4) is 0 Å². The van der Waals surface area contributed by atoms with Gasteiger partial charge in [0.15, 0.2) is 5.41 Å². The number of carbonyl (C=O) groups is 1. The zero-order valence-electron chi connectivity index (χ0n) is 16.8. The average molecular weight is 374 g/mol. The van der Waals surface area contributed by atoms with Crippen LogP contribution in [0.25, 0.3) is 0 Å². The fraction of sp³-hybridized carbons (Fsp3) is 0.292. The number of aliphatic imine (C=N–C) groups is 1. The molecule has 0 bridgehead atoms. The summed E-state index contributed by atoms with van der Waals surface area (Å²) in [6, 6.07) is 19.2. The van der Waals surface area contributed by atoms with Crippen molar-refractivity contribution in [3.8, 4) is 6.07 Å². The Kier molecular flexibility index (Phi) is 6.89. The third kappa shape index (κ3) is 5.65. The number of hydrogen-bond acceptors (Lipinski definition) is 4. The van der Waals surface area contributed by atoms with Crippen molar-refractivity contribution in [3.05, 3.63) is 83.6 Å².